The van der Waals surface area contributed by atoms with Gasteiger partial charge in [-0.25, -0.2) is 4.98 Å². The fraction of sp³-hybridized carbons (Fsp3) is 0.412. The molecular formula is C17H22N2OS. The van der Waals surface area contributed by atoms with E-state index in [0.717, 1.165) is 23.5 Å². The molecule has 0 atom stereocenters. The number of carbonyl (C=O) groups is 1. The first-order valence-electron chi connectivity index (χ1n) is 7.17. The van der Waals surface area contributed by atoms with Crippen molar-refractivity contribution < 1.29 is 4.79 Å². The minimum absolute atomic E-state index is 0.0554. The Morgan fingerprint density at radius 1 is 1.29 bits per heavy atom. The SMILES string of the molecule is Cc1nc(CCN(C=O)CC(C)(C)c2ccccc2)cs1. The summed E-state index contributed by atoms with van der Waals surface area (Å²) in [4.78, 5) is 17.6. The Bertz CT molecular complexity index is 577. The lowest BCUT2D eigenvalue weighted by Gasteiger charge is -2.31. The Morgan fingerprint density at radius 2 is 2.00 bits per heavy atom. The van der Waals surface area contributed by atoms with E-state index in [0.29, 0.717) is 13.1 Å². The van der Waals surface area contributed by atoms with Crippen molar-refractivity contribution in [3.8, 4) is 0 Å². The van der Waals surface area contributed by atoms with Gasteiger partial charge in [-0.1, -0.05) is 44.2 Å². The Balaban J connectivity index is 1.96. The molecule has 0 bridgehead atoms. The van der Waals surface area contributed by atoms with E-state index in [1.54, 1.807) is 11.3 Å². The van der Waals surface area contributed by atoms with Gasteiger partial charge in [0.25, 0.3) is 0 Å². The summed E-state index contributed by atoms with van der Waals surface area (Å²) < 4.78 is 0. The average molecular weight is 302 g/mol. The van der Waals surface area contributed by atoms with Crippen molar-refractivity contribution in [2.75, 3.05) is 13.1 Å². The van der Waals surface area contributed by atoms with Crippen LogP contribution in [0.15, 0.2) is 35.7 Å². The molecule has 3 nitrogen and oxygen atoms in total. The normalized spacial score (nSPS) is 11.4. The summed E-state index contributed by atoms with van der Waals surface area (Å²) in [5, 5.41) is 3.15. The maximum atomic E-state index is 11.3. The van der Waals surface area contributed by atoms with Gasteiger partial charge < -0.3 is 4.90 Å². The third-order valence-corrected chi connectivity index (χ3v) is 4.45. The first-order chi connectivity index (χ1) is 10.0. The summed E-state index contributed by atoms with van der Waals surface area (Å²) in [6, 6.07) is 10.3. The predicted octanol–water partition coefficient (Wildman–Crippen LogP) is 3.43. The van der Waals surface area contributed by atoms with Crippen molar-refractivity contribution in [2.24, 2.45) is 0 Å². The topological polar surface area (TPSA) is 33.2 Å². The smallest absolute Gasteiger partial charge is 0.209 e. The summed E-state index contributed by atoms with van der Waals surface area (Å²) in [5.74, 6) is 0. The van der Waals surface area contributed by atoms with Gasteiger partial charge in [0.05, 0.1) is 10.7 Å². The molecule has 0 spiro atoms. The zero-order valence-electron chi connectivity index (χ0n) is 12.9. The average Bonchev–Trinajstić information content (AvgIpc) is 2.90. The van der Waals surface area contributed by atoms with Gasteiger partial charge in [0.15, 0.2) is 0 Å². The quantitative estimate of drug-likeness (QED) is 0.734. The van der Waals surface area contributed by atoms with Gasteiger partial charge in [-0.05, 0) is 12.5 Å². The highest BCUT2D eigenvalue weighted by molar-refractivity contribution is 7.09. The molecule has 2 aromatic rings. The molecule has 0 N–H and O–H groups in total. The van der Waals surface area contributed by atoms with Crippen LogP contribution >= 0.6 is 11.3 Å². The van der Waals surface area contributed by atoms with Crippen molar-refractivity contribution in [3.05, 3.63) is 52.0 Å². The van der Waals surface area contributed by atoms with Gasteiger partial charge in [-0.15, -0.1) is 11.3 Å². The molecule has 0 fully saturated rings. The third kappa shape index (κ3) is 4.39. The number of nitrogens with zero attached hydrogens (tertiary/aromatic N) is 2. The van der Waals surface area contributed by atoms with Gasteiger partial charge >= 0.3 is 0 Å². The minimum Gasteiger partial charge on any atom is -0.344 e. The van der Waals surface area contributed by atoms with Crippen LogP contribution in [0.4, 0.5) is 0 Å². The number of carbonyl (C=O) groups excluding carboxylic acids is 1. The molecule has 1 heterocycles. The third-order valence-electron chi connectivity index (χ3n) is 3.62. The first-order valence-corrected chi connectivity index (χ1v) is 8.05. The van der Waals surface area contributed by atoms with Crippen LogP contribution in [-0.2, 0) is 16.6 Å². The molecule has 2 rings (SSSR count). The number of benzene rings is 1. The molecule has 0 aliphatic rings. The Kier molecular flexibility index (Phi) is 5.12. The number of hydrogen-bond donors (Lipinski definition) is 0. The lowest BCUT2D eigenvalue weighted by Crippen LogP contribution is -2.37. The number of thiazole rings is 1. The highest BCUT2D eigenvalue weighted by Gasteiger charge is 2.23. The maximum Gasteiger partial charge on any atom is 0.209 e. The number of amides is 1. The monoisotopic (exact) mass is 302 g/mol. The summed E-state index contributed by atoms with van der Waals surface area (Å²) >= 11 is 1.66. The molecule has 1 aromatic carbocycles. The molecule has 0 unspecified atom stereocenters. The van der Waals surface area contributed by atoms with Gasteiger partial charge in [0, 0.05) is 30.3 Å². The van der Waals surface area contributed by atoms with Crippen molar-refractivity contribution in [1.29, 1.82) is 0 Å². The Morgan fingerprint density at radius 3 is 2.57 bits per heavy atom. The van der Waals surface area contributed by atoms with Crippen molar-refractivity contribution in [1.82, 2.24) is 9.88 Å². The Hall–Kier alpha value is -1.68. The van der Waals surface area contributed by atoms with Crippen molar-refractivity contribution >= 4 is 17.7 Å². The second-order valence-corrected chi connectivity index (χ2v) is 7.00. The molecule has 112 valence electrons. The number of aryl methyl sites for hydroxylation is 1. The standard InChI is InChI=1S/C17H22N2OS/c1-14-18-16(11-21-14)9-10-19(13-20)12-17(2,3)15-7-5-4-6-8-15/h4-8,11,13H,9-10,12H2,1-3H3. The zero-order valence-corrected chi connectivity index (χ0v) is 13.7. The molecular weight excluding hydrogens is 280 g/mol. The summed E-state index contributed by atoms with van der Waals surface area (Å²) in [7, 11) is 0. The van der Waals surface area contributed by atoms with Gasteiger partial charge in [-0.3, -0.25) is 4.79 Å². The van der Waals surface area contributed by atoms with E-state index >= 15 is 0 Å². The molecule has 0 aliphatic heterocycles. The first kappa shape index (κ1) is 15.7. The van der Waals surface area contributed by atoms with Crippen molar-refractivity contribution in [2.45, 2.75) is 32.6 Å². The van der Waals surface area contributed by atoms with Gasteiger partial charge in [0.1, 0.15) is 0 Å². The molecule has 4 heteroatoms. The second-order valence-electron chi connectivity index (χ2n) is 5.93. The van der Waals surface area contributed by atoms with Crippen LogP contribution < -0.4 is 0 Å². The zero-order chi connectivity index (χ0) is 15.3. The minimum atomic E-state index is -0.0554. The number of aromatic nitrogens is 1. The molecule has 0 radical (unpaired) electrons. The highest BCUT2D eigenvalue weighted by atomic mass is 32.1. The lowest BCUT2D eigenvalue weighted by molar-refractivity contribution is -0.118. The van der Waals surface area contributed by atoms with Crippen LogP contribution in [-0.4, -0.2) is 29.4 Å². The van der Waals surface area contributed by atoms with Crippen LogP contribution in [0.3, 0.4) is 0 Å². The van der Waals surface area contributed by atoms with Gasteiger partial charge in [0.2, 0.25) is 6.41 Å². The molecule has 0 saturated heterocycles. The van der Waals surface area contributed by atoms with E-state index in [1.807, 2.05) is 30.0 Å². The van der Waals surface area contributed by atoms with Crippen LogP contribution in [0.5, 0.6) is 0 Å². The molecule has 0 aliphatic carbocycles. The summed E-state index contributed by atoms with van der Waals surface area (Å²) in [6.45, 7) is 7.77. The van der Waals surface area contributed by atoms with E-state index in [-0.39, 0.29) is 5.41 Å². The van der Waals surface area contributed by atoms with E-state index in [4.69, 9.17) is 0 Å². The molecule has 21 heavy (non-hydrogen) atoms. The van der Waals surface area contributed by atoms with E-state index in [9.17, 15) is 4.79 Å². The lowest BCUT2D eigenvalue weighted by atomic mass is 9.84. The molecule has 0 saturated carbocycles. The fourth-order valence-corrected chi connectivity index (χ4v) is 3.09. The predicted molar refractivity (Wildman–Crippen MR) is 87.7 cm³/mol. The van der Waals surface area contributed by atoms with Crippen LogP contribution in [0.2, 0.25) is 0 Å². The highest BCUT2D eigenvalue weighted by Crippen LogP contribution is 2.23. The fourth-order valence-electron chi connectivity index (χ4n) is 2.44. The molecule has 1 amide bonds. The summed E-state index contributed by atoms with van der Waals surface area (Å²) in [6.07, 6.45) is 1.76. The number of rotatable bonds is 7. The van der Waals surface area contributed by atoms with E-state index in [2.05, 4.69) is 36.3 Å². The largest absolute Gasteiger partial charge is 0.344 e. The maximum absolute atomic E-state index is 11.3. The van der Waals surface area contributed by atoms with Crippen LogP contribution in [0.1, 0.15) is 30.1 Å². The van der Waals surface area contributed by atoms with Gasteiger partial charge in [-0.2, -0.15) is 0 Å². The van der Waals surface area contributed by atoms with Crippen molar-refractivity contribution in [3.63, 3.8) is 0 Å². The van der Waals surface area contributed by atoms with E-state index in [1.165, 1.54) is 5.56 Å². The van der Waals surface area contributed by atoms with Crippen LogP contribution in [0, 0.1) is 6.92 Å². The molecule has 1 aromatic heterocycles. The summed E-state index contributed by atoms with van der Waals surface area (Å²) in [5.41, 5.74) is 2.27. The Labute approximate surface area is 130 Å². The second kappa shape index (κ2) is 6.85. The number of hydrogen-bond acceptors (Lipinski definition) is 3. The van der Waals surface area contributed by atoms with E-state index < -0.39 is 0 Å². The van der Waals surface area contributed by atoms with Crippen LogP contribution in [0.25, 0.3) is 0 Å².